The summed E-state index contributed by atoms with van der Waals surface area (Å²) in [5.41, 5.74) is 4.89. The van der Waals surface area contributed by atoms with Crippen LogP contribution in [0.2, 0.25) is 0 Å². The van der Waals surface area contributed by atoms with Crippen LogP contribution >= 0.6 is 0 Å². The summed E-state index contributed by atoms with van der Waals surface area (Å²) < 4.78 is 0. The topological polar surface area (TPSA) is 70.7 Å². The maximum Gasteiger partial charge on any atom is 0.230 e. The Morgan fingerprint density at radius 1 is 0.923 bits per heavy atom. The highest BCUT2D eigenvalue weighted by molar-refractivity contribution is 5.94. The number of carbonyl (C=O) groups excluding carboxylic acids is 1. The zero-order chi connectivity index (χ0) is 17.8. The molecule has 0 fully saturated rings. The quantitative estimate of drug-likeness (QED) is 0.580. The van der Waals surface area contributed by atoms with Gasteiger partial charge in [-0.1, -0.05) is 30.3 Å². The third-order valence-electron chi connectivity index (χ3n) is 4.27. The lowest BCUT2D eigenvalue weighted by atomic mass is 10.1. The van der Waals surface area contributed by atoms with Crippen molar-refractivity contribution in [1.29, 1.82) is 0 Å². The van der Waals surface area contributed by atoms with E-state index in [1.54, 1.807) is 12.4 Å². The Morgan fingerprint density at radius 3 is 2.46 bits per heavy atom. The number of para-hydroxylation sites is 1. The van der Waals surface area contributed by atoms with E-state index in [1.165, 1.54) is 11.1 Å². The minimum Gasteiger partial charge on any atom is -0.326 e. The second-order valence-corrected chi connectivity index (χ2v) is 6.17. The van der Waals surface area contributed by atoms with E-state index in [2.05, 4.69) is 20.5 Å². The molecule has 0 bridgehead atoms. The molecule has 0 atom stereocenters. The lowest BCUT2D eigenvalue weighted by molar-refractivity contribution is -0.115. The zero-order valence-corrected chi connectivity index (χ0v) is 14.1. The number of aromatic amines is 1. The van der Waals surface area contributed by atoms with Gasteiger partial charge in [-0.05, 0) is 47.9 Å². The number of H-pyrrole nitrogens is 1. The van der Waals surface area contributed by atoms with Gasteiger partial charge in [0, 0.05) is 23.5 Å². The van der Waals surface area contributed by atoms with Gasteiger partial charge < -0.3 is 5.32 Å². The van der Waals surface area contributed by atoms with Crippen molar-refractivity contribution in [3.8, 4) is 0 Å². The summed E-state index contributed by atoms with van der Waals surface area (Å²) in [6, 6.07) is 19.7. The standard InChI is InChI=1S/C21H18N4O/c26-21(14-20-18-3-1-2-4-19(18)24-25-20)23-17-7-5-15(6-8-17)13-16-9-11-22-12-10-16/h1-12H,13-14H2,(H,23,26)(H,24,25). The van der Waals surface area contributed by atoms with Gasteiger partial charge in [-0.3, -0.25) is 14.9 Å². The van der Waals surface area contributed by atoms with Crippen LogP contribution in [-0.4, -0.2) is 21.1 Å². The Balaban J connectivity index is 1.40. The summed E-state index contributed by atoms with van der Waals surface area (Å²) in [5, 5.41) is 11.1. The number of hydrogen-bond acceptors (Lipinski definition) is 3. The number of aromatic nitrogens is 3. The van der Waals surface area contributed by atoms with Crippen LogP contribution in [0.1, 0.15) is 16.8 Å². The van der Waals surface area contributed by atoms with Crippen molar-refractivity contribution in [3.63, 3.8) is 0 Å². The Kier molecular flexibility index (Phi) is 4.43. The summed E-state index contributed by atoms with van der Waals surface area (Å²) in [4.78, 5) is 16.4. The first-order chi connectivity index (χ1) is 12.8. The molecule has 2 aromatic heterocycles. The SMILES string of the molecule is O=C(Cc1[nH]nc2ccccc12)Nc1ccc(Cc2ccncc2)cc1. The Labute approximate surface area is 151 Å². The first kappa shape index (κ1) is 16.0. The molecule has 5 nitrogen and oxygen atoms in total. The molecule has 2 N–H and O–H groups in total. The van der Waals surface area contributed by atoms with E-state index in [9.17, 15) is 4.79 Å². The van der Waals surface area contributed by atoms with Crippen LogP contribution in [-0.2, 0) is 17.6 Å². The fourth-order valence-electron chi connectivity index (χ4n) is 2.96. The molecule has 1 amide bonds. The lowest BCUT2D eigenvalue weighted by Crippen LogP contribution is -2.14. The third kappa shape index (κ3) is 3.62. The molecule has 2 aromatic carbocycles. The molecule has 128 valence electrons. The molecule has 26 heavy (non-hydrogen) atoms. The predicted molar refractivity (Wildman–Crippen MR) is 102 cm³/mol. The number of carbonyl (C=O) groups is 1. The average Bonchev–Trinajstić information content (AvgIpc) is 3.07. The van der Waals surface area contributed by atoms with Gasteiger partial charge in [0.1, 0.15) is 0 Å². The van der Waals surface area contributed by atoms with Crippen molar-refractivity contribution in [1.82, 2.24) is 15.2 Å². The molecule has 0 spiro atoms. The number of hydrogen-bond donors (Lipinski definition) is 2. The largest absolute Gasteiger partial charge is 0.326 e. The molecule has 0 saturated heterocycles. The van der Waals surface area contributed by atoms with Crippen molar-refractivity contribution in [2.45, 2.75) is 12.8 Å². The molecule has 0 unspecified atom stereocenters. The molecule has 2 heterocycles. The second-order valence-electron chi connectivity index (χ2n) is 6.17. The zero-order valence-electron chi connectivity index (χ0n) is 14.1. The number of fused-ring (bicyclic) bond motifs is 1. The van der Waals surface area contributed by atoms with Gasteiger partial charge in [-0.2, -0.15) is 5.10 Å². The van der Waals surface area contributed by atoms with Crippen LogP contribution in [0.4, 0.5) is 5.69 Å². The maximum atomic E-state index is 12.3. The third-order valence-corrected chi connectivity index (χ3v) is 4.27. The van der Waals surface area contributed by atoms with Crippen LogP contribution < -0.4 is 5.32 Å². The summed E-state index contributed by atoms with van der Waals surface area (Å²) in [5.74, 6) is -0.0683. The summed E-state index contributed by atoms with van der Waals surface area (Å²) in [6.45, 7) is 0. The number of nitrogens with one attached hydrogen (secondary N) is 2. The van der Waals surface area contributed by atoms with Gasteiger partial charge in [0.15, 0.2) is 0 Å². The highest BCUT2D eigenvalue weighted by Crippen LogP contribution is 2.17. The smallest absolute Gasteiger partial charge is 0.230 e. The van der Waals surface area contributed by atoms with Crippen LogP contribution in [0.3, 0.4) is 0 Å². The first-order valence-corrected chi connectivity index (χ1v) is 8.47. The van der Waals surface area contributed by atoms with Gasteiger partial charge in [-0.15, -0.1) is 0 Å². The highest BCUT2D eigenvalue weighted by Gasteiger charge is 2.10. The molecule has 0 aliphatic carbocycles. The fourth-order valence-corrected chi connectivity index (χ4v) is 2.96. The van der Waals surface area contributed by atoms with E-state index in [0.717, 1.165) is 28.7 Å². The minimum absolute atomic E-state index is 0.0683. The van der Waals surface area contributed by atoms with Gasteiger partial charge in [0.25, 0.3) is 0 Å². The van der Waals surface area contributed by atoms with Crippen LogP contribution in [0.15, 0.2) is 73.1 Å². The Hall–Kier alpha value is -3.47. The first-order valence-electron chi connectivity index (χ1n) is 8.47. The molecule has 0 saturated carbocycles. The summed E-state index contributed by atoms with van der Waals surface area (Å²) >= 11 is 0. The lowest BCUT2D eigenvalue weighted by Gasteiger charge is -2.07. The number of amides is 1. The Bertz CT molecular complexity index is 1020. The summed E-state index contributed by atoms with van der Waals surface area (Å²) in [6.07, 6.45) is 4.70. The van der Waals surface area contributed by atoms with E-state index < -0.39 is 0 Å². The molecular weight excluding hydrogens is 324 g/mol. The number of pyridine rings is 1. The van der Waals surface area contributed by atoms with E-state index in [4.69, 9.17) is 0 Å². The normalized spacial score (nSPS) is 10.8. The fraction of sp³-hybridized carbons (Fsp3) is 0.0952. The molecule has 0 aliphatic heterocycles. The van der Waals surface area contributed by atoms with Crippen molar-refractivity contribution < 1.29 is 4.79 Å². The average molecular weight is 342 g/mol. The highest BCUT2D eigenvalue weighted by atomic mass is 16.1. The number of nitrogens with zero attached hydrogens (tertiary/aromatic N) is 2. The second kappa shape index (κ2) is 7.19. The van der Waals surface area contributed by atoms with E-state index in [-0.39, 0.29) is 12.3 Å². The molecule has 4 rings (SSSR count). The van der Waals surface area contributed by atoms with Gasteiger partial charge >= 0.3 is 0 Å². The molecule has 5 heteroatoms. The summed E-state index contributed by atoms with van der Waals surface area (Å²) in [7, 11) is 0. The predicted octanol–water partition coefficient (Wildman–Crippen LogP) is 3.73. The number of anilines is 1. The number of benzene rings is 2. The molecular formula is C21H18N4O. The van der Waals surface area contributed by atoms with Crippen molar-refractivity contribution in [2.24, 2.45) is 0 Å². The van der Waals surface area contributed by atoms with Gasteiger partial charge in [0.05, 0.1) is 17.6 Å². The molecule has 4 aromatic rings. The minimum atomic E-state index is -0.0683. The molecule has 0 aliphatic rings. The van der Waals surface area contributed by atoms with Gasteiger partial charge in [-0.25, -0.2) is 0 Å². The van der Waals surface area contributed by atoms with Gasteiger partial charge in [0.2, 0.25) is 5.91 Å². The van der Waals surface area contributed by atoms with Crippen LogP contribution in [0, 0.1) is 0 Å². The monoisotopic (exact) mass is 342 g/mol. The van der Waals surface area contributed by atoms with E-state index in [0.29, 0.717) is 0 Å². The van der Waals surface area contributed by atoms with Crippen molar-refractivity contribution in [3.05, 3.63) is 89.9 Å². The van der Waals surface area contributed by atoms with Crippen LogP contribution in [0.25, 0.3) is 10.9 Å². The van der Waals surface area contributed by atoms with Crippen molar-refractivity contribution >= 4 is 22.5 Å². The van der Waals surface area contributed by atoms with Crippen molar-refractivity contribution in [2.75, 3.05) is 5.32 Å². The maximum absolute atomic E-state index is 12.3. The number of rotatable bonds is 5. The molecule has 0 radical (unpaired) electrons. The Morgan fingerprint density at radius 2 is 1.65 bits per heavy atom. The van der Waals surface area contributed by atoms with E-state index >= 15 is 0 Å². The van der Waals surface area contributed by atoms with E-state index in [1.807, 2.05) is 60.7 Å². The van der Waals surface area contributed by atoms with Crippen LogP contribution in [0.5, 0.6) is 0 Å².